The molecule has 0 aliphatic rings. The van der Waals surface area contributed by atoms with Gasteiger partial charge < -0.3 is 9.32 Å². The van der Waals surface area contributed by atoms with Crippen molar-refractivity contribution in [2.75, 3.05) is 11.9 Å². The Hall–Kier alpha value is -1.84. The predicted octanol–water partition coefficient (Wildman–Crippen LogP) is 2.48. The van der Waals surface area contributed by atoms with Gasteiger partial charge in [0.15, 0.2) is 12.0 Å². The SMILES string of the molecule is CC(C)N(C)c1nccc2oc(C=O)cc12. The minimum Gasteiger partial charge on any atom is -0.453 e. The number of furan rings is 1. The van der Waals surface area contributed by atoms with Gasteiger partial charge in [0, 0.05) is 19.3 Å². The number of anilines is 1. The fraction of sp³-hybridized carbons (Fsp3) is 0.333. The van der Waals surface area contributed by atoms with Crippen LogP contribution in [-0.2, 0) is 0 Å². The maximum atomic E-state index is 10.7. The van der Waals surface area contributed by atoms with Crippen LogP contribution in [-0.4, -0.2) is 24.4 Å². The van der Waals surface area contributed by atoms with E-state index in [9.17, 15) is 4.79 Å². The second-order valence-electron chi connectivity index (χ2n) is 4.02. The zero-order valence-corrected chi connectivity index (χ0v) is 9.60. The molecular formula is C12H14N2O2. The lowest BCUT2D eigenvalue weighted by atomic mass is 10.2. The summed E-state index contributed by atoms with van der Waals surface area (Å²) in [5.74, 6) is 1.17. The second kappa shape index (κ2) is 3.96. The molecule has 0 saturated heterocycles. The normalized spacial score (nSPS) is 11.0. The minimum absolute atomic E-state index is 0.335. The summed E-state index contributed by atoms with van der Waals surface area (Å²) in [7, 11) is 1.97. The monoisotopic (exact) mass is 218 g/mol. The third kappa shape index (κ3) is 1.66. The number of hydrogen-bond donors (Lipinski definition) is 0. The Bertz CT molecular complexity index is 517. The van der Waals surface area contributed by atoms with E-state index < -0.39 is 0 Å². The lowest BCUT2D eigenvalue weighted by molar-refractivity contribution is 0.110. The topological polar surface area (TPSA) is 46.3 Å². The molecule has 0 unspecified atom stereocenters. The molecule has 0 aliphatic heterocycles. The summed E-state index contributed by atoms with van der Waals surface area (Å²) in [4.78, 5) is 17.0. The lowest BCUT2D eigenvalue weighted by Crippen LogP contribution is -2.26. The smallest absolute Gasteiger partial charge is 0.185 e. The molecule has 0 saturated carbocycles. The van der Waals surface area contributed by atoms with E-state index in [4.69, 9.17) is 4.42 Å². The zero-order valence-electron chi connectivity index (χ0n) is 9.60. The van der Waals surface area contributed by atoms with Gasteiger partial charge in [-0.3, -0.25) is 4.79 Å². The Kier molecular flexibility index (Phi) is 2.64. The molecular weight excluding hydrogens is 204 g/mol. The molecule has 0 fully saturated rings. The molecule has 16 heavy (non-hydrogen) atoms. The molecule has 0 spiro atoms. The van der Waals surface area contributed by atoms with Gasteiger partial charge in [-0.2, -0.15) is 0 Å². The van der Waals surface area contributed by atoms with Crippen LogP contribution in [0, 0.1) is 0 Å². The molecule has 2 aromatic rings. The highest BCUT2D eigenvalue weighted by molar-refractivity contribution is 5.92. The average molecular weight is 218 g/mol. The molecule has 0 aromatic carbocycles. The number of aromatic nitrogens is 1. The standard InChI is InChI=1S/C12H14N2O2/c1-8(2)14(3)12-10-6-9(7-15)16-11(10)4-5-13-12/h4-8H,1-3H3. The van der Waals surface area contributed by atoms with Crippen LogP contribution >= 0.6 is 0 Å². The largest absolute Gasteiger partial charge is 0.453 e. The Balaban J connectivity index is 2.60. The van der Waals surface area contributed by atoms with Gasteiger partial charge >= 0.3 is 0 Å². The zero-order chi connectivity index (χ0) is 11.7. The van der Waals surface area contributed by atoms with Crippen LogP contribution in [0.2, 0.25) is 0 Å². The first-order valence-electron chi connectivity index (χ1n) is 5.20. The first-order chi connectivity index (χ1) is 7.63. The molecule has 4 nitrogen and oxygen atoms in total. The van der Waals surface area contributed by atoms with Crippen molar-refractivity contribution in [3.8, 4) is 0 Å². The van der Waals surface area contributed by atoms with Gasteiger partial charge in [0.05, 0.1) is 5.39 Å². The third-order valence-electron chi connectivity index (χ3n) is 2.67. The summed E-state index contributed by atoms with van der Waals surface area (Å²) in [6.07, 6.45) is 2.40. The van der Waals surface area contributed by atoms with Crippen molar-refractivity contribution in [1.82, 2.24) is 4.98 Å². The first-order valence-corrected chi connectivity index (χ1v) is 5.20. The highest BCUT2D eigenvalue weighted by Gasteiger charge is 2.13. The summed E-state index contributed by atoms with van der Waals surface area (Å²) in [6.45, 7) is 4.17. The molecule has 2 aromatic heterocycles. The summed E-state index contributed by atoms with van der Waals surface area (Å²) in [5, 5.41) is 0.876. The van der Waals surface area contributed by atoms with Gasteiger partial charge in [-0.05, 0) is 26.0 Å². The second-order valence-corrected chi connectivity index (χ2v) is 4.02. The number of carbonyl (C=O) groups excluding carboxylic acids is 1. The summed E-state index contributed by atoms with van der Waals surface area (Å²) < 4.78 is 5.35. The van der Waals surface area contributed by atoms with Crippen LogP contribution in [0.25, 0.3) is 11.0 Å². The number of aldehydes is 1. The van der Waals surface area contributed by atoms with Gasteiger partial charge in [0.1, 0.15) is 11.4 Å². The molecule has 0 radical (unpaired) electrons. The number of hydrogen-bond acceptors (Lipinski definition) is 4. The molecule has 0 atom stereocenters. The van der Waals surface area contributed by atoms with Crippen LogP contribution < -0.4 is 4.90 Å². The van der Waals surface area contributed by atoms with Gasteiger partial charge in [0.2, 0.25) is 0 Å². The van der Waals surface area contributed by atoms with Crippen molar-refractivity contribution >= 4 is 23.1 Å². The van der Waals surface area contributed by atoms with Crippen molar-refractivity contribution in [2.45, 2.75) is 19.9 Å². The maximum absolute atomic E-state index is 10.7. The van der Waals surface area contributed by atoms with E-state index in [1.165, 1.54) is 0 Å². The average Bonchev–Trinajstić information content (AvgIpc) is 2.70. The quantitative estimate of drug-likeness (QED) is 0.742. The van der Waals surface area contributed by atoms with Crippen molar-refractivity contribution in [2.24, 2.45) is 0 Å². The van der Waals surface area contributed by atoms with E-state index in [1.807, 2.05) is 11.9 Å². The van der Waals surface area contributed by atoms with Crippen LogP contribution in [0.15, 0.2) is 22.7 Å². The van der Waals surface area contributed by atoms with E-state index in [1.54, 1.807) is 18.3 Å². The van der Waals surface area contributed by atoms with E-state index in [-0.39, 0.29) is 0 Å². The Morgan fingerprint density at radius 1 is 1.50 bits per heavy atom. The van der Waals surface area contributed by atoms with Gasteiger partial charge in [-0.1, -0.05) is 0 Å². The maximum Gasteiger partial charge on any atom is 0.185 e. The molecule has 2 heterocycles. The molecule has 0 aliphatic carbocycles. The van der Waals surface area contributed by atoms with Gasteiger partial charge in [-0.25, -0.2) is 4.98 Å². The molecule has 0 bridgehead atoms. The molecule has 4 heteroatoms. The Morgan fingerprint density at radius 2 is 2.25 bits per heavy atom. The highest BCUT2D eigenvalue weighted by Crippen LogP contribution is 2.27. The minimum atomic E-state index is 0.335. The molecule has 0 amide bonds. The number of pyridine rings is 1. The molecule has 84 valence electrons. The van der Waals surface area contributed by atoms with E-state index in [0.717, 1.165) is 11.2 Å². The summed E-state index contributed by atoms with van der Waals surface area (Å²) >= 11 is 0. The number of carbonyl (C=O) groups is 1. The van der Waals surface area contributed by atoms with Gasteiger partial charge in [0.25, 0.3) is 0 Å². The van der Waals surface area contributed by atoms with Crippen LogP contribution in [0.1, 0.15) is 24.4 Å². The van der Waals surface area contributed by atoms with Crippen molar-refractivity contribution < 1.29 is 9.21 Å². The number of fused-ring (bicyclic) bond motifs is 1. The predicted molar refractivity (Wildman–Crippen MR) is 62.9 cm³/mol. The van der Waals surface area contributed by atoms with E-state index in [2.05, 4.69) is 18.8 Å². The number of rotatable bonds is 3. The van der Waals surface area contributed by atoms with E-state index in [0.29, 0.717) is 23.7 Å². The van der Waals surface area contributed by atoms with Crippen LogP contribution in [0.3, 0.4) is 0 Å². The van der Waals surface area contributed by atoms with Crippen molar-refractivity contribution in [3.63, 3.8) is 0 Å². The van der Waals surface area contributed by atoms with Gasteiger partial charge in [-0.15, -0.1) is 0 Å². The van der Waals surface area contributed by atoms with Crippen molar-refractivity contribution in [3.05, 3.63) is 24.1 Å². The summed E-state index contributed by atoms with van der Waals surface area (Å²) in [5.41, 5.74) is 0.694. The highest BCUT2D eigenvalue weighted by atomic mass is 16.3. The fourth-order valence-corrected chi connectivity index (χ4v) is 1.55. The molecule has 2 rings (SSSR count). The fourth-order valence-electron chi connectivity index (χ4n) is 1.55. The molecule has 0 N–H and O–H groups in total. The Labute approximate surface area is 93.9 Å². The Morgan fingerprint density at radius 3 is 2.88 bits per heavy atom. The van der Waals surface area contributed by atoms with Crippen molar-refractivity contribution in [1.29, 1.82) is 0 Å². The van der Waals surface area contributed by atoms with Crippen LogP contribution in [0.5, 0.6) is 0 Å². The lowest BCUT2D eigenvalue weighted by Gasteiger charge is -2.22. The van der Waals surface area contributed by atoms with E-state index >= 15 is 0 Å². The van der Waals surface area contributed by atoms with Crippen LogP contribution in [0.4, 0.5) is 5.82 Å². The third-order valence-corrected chi connectivity index (χ3v) is 2.67. The first kappa shape index (κ1) is 10.7. The summed E-state index contributed by atoms with van der Waals surface area (Å²) in [6, 6.07) is 3.83. The number of nitrogens with zero attached hydrogens (tertiary/aromatic N) is 2.